The molecule has 0 spiro atoms. The Morgan fingerprint density at radius 3 is 2.06 bits per heavy atom. The van der Waals surface area contributed by atoms with Crippen LogP contribution >= 0.6 is 12.4 Å². The van der Waals surface area contributed by atoms with E-state index in [0.29, 0.717) is 5.56 Å². The SMILES string of the molecule is CCN(CC)Cc1ccc(C(=O)O)cc1.Cl. The van der Waals surface area contributed by atoms with Crippen LogP contribution in [0.4, 0.5) is 0 Å². The zero-order valence-electron chi connectivity index (χ0n) is 9.64. The molecular formula is C12H18ClNO2. The van der Waals surface area contributed by atoms with Gasteiger partial charge in [-0.15, -0.1) is 12.4 Å². The van der Waals surface area contributed by atoms with E-state index in [2.05, 4.69) is 18.7 Å². The number of halogens is 1. The number of carboxylic acids is 1. The van der Waals surface area contributed by atoms with Crippen molar-refractivity contribution in [2.75, 3.05) is 13.1 Å². The van der Waals surface area contributed by atoms with Gasteiger partial charge in [-0.2, -0.15) is 0 Å². The number of hydrogen-bond acceptors (Lipinski definition) is 2. The third-order valence-corrected chi connectivity index (χ3v) is 2.50. The van der Waals surface area contributed by atoms with Gasteiger partial charge in [-0.05, 0) is 30.8 Å². The van der Waals surface area contributed by atoms with Crippen LogP contribution in [0.25, 0.3) is 0 Å². The zero-order chi connectivity index (χ0) is 11.3. The molecular weight excluding hydrogens is 226 g/mol. The summed E-state index contributed by atoms with van der Waals surface area (Å²) in [5.74, 6) is -0.871. The molecule has 1 aromatic carbocycles. The molecule has 1 aromatic rings. The highest BCUT2D eigenvalue weighted by molar-refractivity contribution is 5.87. The summed E-state index contributed by atoms with van der Waals surface area (Å²) >= 11 is 0. The average Bonchev–Trinajstić information content (AvgIpc) is 2.26. The first-order valence-electron chi connectivity index (χ1n) is 5.22. The predicted octanol–water partition coefficient (Wildman–Crippen LogP) is 2.65. The van der Waals surface area contributed by atoms with E-state index in [1.165, 1.54) is 0 Å². The molecule has 16 heavy (non-hydrogen) atoms. The lowest BCUT2D eigenvalue weighted by molar-refractivity contribution is 0.0697. The molecule has 0 aliphatic rings. The summed E-state index contributed by atoms with van der Waals surface area (Å²) in [5.41, 5.74) is 1.50. The molecule has 0 aliphatic heterocycles. The molecule has 0 saturated heterocycles. The number of nitrogens with zero attached hydrogens (tertiary/aromatic N) is 1. The van der Waals surface area contributed by atoms with Gasteiger partial charge in [0.1, 0.15) is 0 Å². The maximum Gasteiger partial charge on any atom is 0.335 e. The molecule has 1 N–H and O–H groups in total. The van der Waals surface area contributed by atoms with Gasteiger partial charge in [0.15, 0.2) is 0 Å². The molecule has 0 aliphatic carbocycles. The van der Waals surface area contributed by atoms with Crippen molar-refractivity contribution < 1.29 is 9.90 Å². The van der Waals surface area contributed by atoms with Gasteiger partial charge in [0, 0.05) is 6.54 Å². The fourth-order valence-electron chi connectivity index (χ4n) is 1.46. The number of carbonyl (C=O) groups is 1. The predicted molar refractivity (Wildman–Crippen MR) is 67.3 cm³/mol. The molecule has 0 unspecified atom stereocenters. The minimum absolute atomic E-state index is 0. The van der Waals surface area contributed by atoms with Gasteiger partial charge in [-0.25, -0.2) is 4.79 Å². The average molecular weight is 244 g/mol. The Morgan fingerprint density at radius 2 is 1.69 bits per heavy atom. The topological polar surface area (TPSA) is 40.5 Å². The van der Waals surface area contributed by atoms with E-state index >= 15 is 0 Å². The fraction of sp³-hybridized carbons (Fsp3) is 0.417. The molecule has 0 aromatic heterocycles. The van der Waals surface area contributed by atoms with Gasteiger partial charge in [0.25, 0.3) is 0 Å². The third kappa shape index (κ3) is 4.21. The quantitative estimate of drug-likeness (QED) is 0.864. The van der Waals surface area contributed by atoms with Crippen LogP contribution in [0.2, 0.25) is 0 Å². The van der Waals surface area contributed by atoms with Crippen molar-refractivity contribution in [3.63, 3.8) is 0 Å². The monoisotopic (exact) mass is 243 g/mol. The van der Waals surface area contributed by atoms with Crippen LogP contribution in [-0.4, -0.2) is 29.1 Å². The molecule has 90 valence electrons. The first kappa shape index (κ1) is 14.9. The van der Waals surface area contributed by atoms with Crippen molar-refractivity contribution in [2.45, 2.75) is 20.4 Å². The van der Waals surface area contributed by atoms with E-state index < -0.39 is 5.97 Å². The first-order chi connectivity index (χ1) is 7.17. The van der Waals surface area contributed by atoms with Crippen LogP contribution in [0, 0.1) is 0 Å². The lowest BCUT2D eigenvalue weighted by Gasteiger charge is -2.17. The third-order valence-electron chi connectivity index (χ3n) is 2.50. The molecule has 0 atom stereocenters. The number of rotatable bonds is 5. The Hall–Kier alpha value is -1.06. The molecule has 1 rings (SSSR count). The maximum absolute atomic E-state index is 10.6. The Balaban J connectivity index is 0.00000225. The highest BCUT2D eigenvalue weighted by Gasteiger charge is 2.03. The van der Waals surface area contributed by atoms with Gasteiger partial charge < -0.3 is 5.11 Å². The van der Waals surface area contributed by atoms with E-state index in [0.717, 1.165) is 25.2 Å². The lowest BCUT2D eigenvalue weighted by atomic mass is 10.1. The summed E-state index contributed by atoms with van der Waals surface area (Å²) in [4.78, 5) is 12.9. The summed E-state index contributed by atoms with van der Waals surface area (Å²) in [5, 5.41) is 8.74. The van der Waals surface area contributed by atoms with Crippen molar-refractivity contribution in [1.82, 2.24) is 4.90 Å². The Labute approximate surface area is 102 Å². The molecule has 0 saturated carbocycles. The van der Waals surface area contributed by atoms with Crippen LogP contribution in [0.1, 0.15) is 29.8 Å². The number of benzene rings is 1. The zero-order valence-corrected chi connectivity index (χ0v) is 10.5. The largest absolute Gasteiger partial charge is 0.478 e. The molecule has 0 amide bonds. The molecule has 0 fully saturated rings. The van der Waals surface area contributed by atoms with E-state index in [4.69, 9.17) is 5.11 Å². The minimum atomic E-state index is -0.871. The van der Waals surface area contributed by atoms with Crippen molar-refractivity contribution in [2.24, 2.45) is 0 Å². The lowest BCUT2D eigenvalue weighted by Crippen LogP contribution is -2.22. The van der Waals surface area contributed by atoms with Gasteiger partial charge in [-0.3, -0.25) is 4.90 Å². The highest BCUT2D eigenvalue weighted by Crippen LogP contribution is 2.07. The minimum Gasteiger partial charge on any atom is -0.478 e. The van der Waals surface area contributed by atoms with Crippen LogP contribution < -0.4 is 0 Å². The van der Waals surface area contributed by atoms with Crippen molar-refractivity contribution in [3.8, 4) is 0 Å². The van der Waals surface area contributed by atoms with Crippen LogP contribution in [0.3, 0.4) is 0 Å². The van der Waals surface area contributed by atoms with E-state index in [1.54, 1.807) is 12.1 Å². The molecule has 0 radical (unpaired) electrons. The van der Waals surface area contributed by atoms with Crippen LogP contribution in [-0.2, 0) is 6.54 Å². The molecule has 4 heteroatoms. The Kier molecular flexibility index (Phi) is 6.77. The van der Waals surface area contributed by atoms with Crippen LogP contribution in [0.15, 0.2) is 24.3 Å². The number of carboxylic acid groups (broad SMARTS) is 1. The smallest absolute Gasteiger partial charge is 0.335 e. The summed E-state index contributed by atoms with van der Waals surface area (Å²) in [6, 6.07) is 7.06. The molecule has 0 heterocycles. The number of hydrogen-bond donors (Lipinski definition) is 1. The summed E-state index contributed by atoms with van der Waals surface area (Å²) in [6.07, 6.45) is 0. The van der Waals surface area contributed by atoms with Gasteiger partial charge in [0.2, 0.25) is 0 Å². The Morgan fingerprint density at radius 1 is 1.19 bits per heavy atom. The second-order valence-electron chi connectivity index (χ2n) is 3.46. The van der Waals surface area contributed by atoms with Crippen molar-refractivity contribution in [1.29, 1.82) is 0 Å². The summed E-state index contributed by atoms with van der Waals surface area (Å²) < 4.78 is 0. The van der Waals surface area contributed by atoms with E-state index in [1.807, 2.05) is 12.1 Å². The fourth-order valence-corrected chi connectivity index (χ4v) is 1.46. The van der Waals surface area contributed by atoms with Crippen LogP contribution in [0.5, 0.6) is 0 Å². The van der Waals surface area contributed by atoms with Gasteiger partial charge >= 0.3 is 5.97 Å². The summed E-state index contributed by atoms with van der Waals surface area (Å²) in [6.45, 7) is 7.14. The van der Waals surface area contributed by atoms with Crippen molar-refractivity contribution in [3.05, 3.63) is 35.4 Å². The first-order valence-corrected chi connectivity index (χ1v) is 5.22. The van der Waals surface area contributed by atoms with Crippen molar-refractivity contribution >= 4 is 18.4 Å². The Bertz CT molecular complexity index is 320. The second-order valence-corrected chi connectivity index (χ2v) is 3.46. The molecule has 3 nitrogen and oxygen atoms in total. The maximum atomic E-state index is 10.6. The van der Waals surface area contributed by atoms with Gasteiger partial charge in [0.05, 0.1) is 5.56 Å². The van der Waals surface area contributed by atoms with E-state index in [9.17, 15) is 4.79 Å². The standard InChI is InChI=1S/C12H17NO2.ClH/c1-3-13(4-2)9-10-5-7-11(8-6-10)12(14)15;/h5-8H,3-4,9H2,1-2H3,(H,14,15);1H. The number of aromatic carboxylic acids is 1. The highest BCUT2D eigenvalue weighted by atomic mass is 35.5. The second kappa shape index (κ2) is 7.25. The van der Waals surface area contributed by atoms with Gasteiger partial charge in [-0.1, -0.05) is 26.0 Å². The summed E-state index contributed by atoms with van der Waals surface area (Å²) in [7, 11) is 0. The van der Waals surface area contributed by atoms with E-state index in [-0.39, 0.29) is 12.4 Å². The normalized spacial score (nSPS) is 9.94. The molecule has 0 bridgehead atoms.